The summed E-state index contributed by atoms with van der Waals surface area (Å²) in [6, 6.07) is -0.265. The van der Waals surface area contributed by atoms with E-state index in [0.29, 0.717) is 142 Å². The minimum absolute atomic E-state index is 0.00380. The number of carbonyl (C=O) groups is 6. The van der Waals surface area contributed by atoms with Crippen LogP contribution < -0.4 is 37.2 Å². The fourth-order valence-corrected chi connectivity index (χ4v) is 8.81. The number of nitrogens with one attached hydrogen (secondary N) is 7. The number of nitrogens with zero attached hydrogens (tertiary/aromatic N) is 1. The lowest BCUT2D eigenvalue weighted by molar-refractivity contribution is -0.130. The SMILES string of the molecule is O=C(CCCCO)NCCCNC(=O)CCOCC(COCCC(=O)NCCCNC(=O)CCCCO)(COCCC(=O)NCCCNC(O)CCCCO)NC(=O)CCCCCCCCC(O)N1CCCC1COP(=O)(O)O. The molecule has 0 aromatic carbocycles. The Balaban J connectivity index is 2.91. The van der Waals surface area contributed by atoms with Crippen molar-refractivity contribution in [1.29, 1.82) is 0 Å². The van der Waals surface area contributed by atoms with Gasteiger partial charge in [-0.15, -0.1) is 0 Å². The van der Waals surface area contributed by atoms with Crippen LogP contribution in [0.4, 0.5) is 0 Å². The fourth-order valence-electron chi connectivity index (χ4n) is 8.45. The highest BCUT2D eigenvalue weighted by Gasteiger charge is 2.34. The molecule has 0 aliphatic carbocycles. The number of aliphatic hydroxyl groups excluding tert-OH is 5. The number of rotatable bonds is 54. The second-order valence-corrected chi connectivity index (χ2v) is 21.3. The summed E-state index contributed by atoms with van der Waals surface area (Å²) in [6.07, 6.45) is 11.5. The molecular formula is C52H101N8O18P. The molecule has 462 valence electrons. The van der Waals surface area contributed by atoms with Crippen LogP contribution >= 0.6 is 7.82 Å². The zero-order chi connectivity index (χ0) is 58.3. The fraction of sp³-hybridized carbons (Fsp3) is 0.885. The number of phosphoric ester groups is 1. The van der Waals surface area contributed by atoms with Gasteiger partial charge in [-0.1, -0.05) is 25.7 Å². The zero-order valence-electron chi connectivity index (χ0n) is 46.9. The molecule has 0 radical (unpaired) electrons. The standard InChI is InChI=1S/C52H101N8O18P/c61-33-10-7-18-44(64)53-26-14-29-56-47(67)23-36-75-40-52(41-76-37-24-48(68)57-30-15-27-54-45(65)19-8-11-34-62,42-77-38-25-49(69)58-31-16-28-55-46(66)20-9-12-35-63)59-50(70)21-5-3-1-2-4-6-22-51(71)60-32-13-17-43(60)39-78-79(72,73)74/h43-44,51,53,61-64,71H,1-42H2,(H,54,65)(H,55,66)(H,56,67)(H,57,68)(H,58,69)(H,59,70)(H2,72,73,74). The van der Waals surface area contributed by atoms with Crippen molar-refractivity contribution in [2.24, 2.45) is 0 Å². The van der Waals surface area contributed by atoms with Crippen LogP contribution in [0.5, 0.6) is 0 Å². The van der Waals surface area contributed by atoms with Gasteiger partial charge in [0, 0.05) is 104 Å². The summed E-state index contributed by atoms with van der Waals surface area (Å²) in [6.45, 7) is 2.23. The molecule has 1 aliphatic heterocycles. The summed E-state index contributed by atoms with van der Waals surface area (Å²) < 4.78 is 34.0. The van der Waals surface area contributed by atoms with Gasteiger partial charge in [-0.2, -0.15) is 0 Å². The maximum atomic E-state index is 13.7. The molecule has 1 rings (SSSR count). The lowest BCUT2D eigenvalue weighted by Gasteiger charge is -2.34. The third kappa shape index (κ3) is 43.0. The maximum Gasteiger partial charge on any atom is 0.469 e. The molecule has 1 aliphatic rings. The third-order valence-corrected chi connectivity index (χ3v) is 13.4. The highest BCUT2D eigenvalue weighted by Crippen LogP contribution is 2.37. The Morgan fingerprint density at radius 1 is 0.506 bits per heavy atom. The van der Waals surface area contributed by atoms with E-state index in [1.54, 1.807) is 0 Å². The molecule has 26 nitrogen and oxygen atoms in total. The van der Waals surface area contributed by atoms with Gasteiger partial charge in [0.25, 0.3) is 0 Å². The van der Waals surface area contributed by atoms with Crippen LogP contribution in [0.15, 0.2) is 0 Å². The normalized spacial score (nSPS) is 14.6. The molecule has 0 spiro atoms. The minimum Gasteiger partial charge on any atom is -0.396 e. The van der Waals surface area contributed by atoms with E-state index >= 15 is 0 Å². The minimum atomic E-state index is -4.61. The van der Waals surface area contributed by atoms with Gasteiger partial charge >= 0.3 is 7.82 Å². The highest BCUT2D eigenvalue weighted by molar-refractivity contribution is 7.46. The molecule has 0 aromatic rings. The molecule has 0 aromatic heterocycles. The molecule has 1 fully saturated rings. The highest BCUT2D eigenvalue weighted by atomic mass is 31.2. The van der Waals surface area contributed by atoms with Crippen LogP contribution in [0.2, 0.25) is 0 Å². The van der Waals surface area contributed by atoms with Gasteiger partial charge in [0.05, 0.1) is 46.2 Å². The molecule has 3 atom stereocenters. The van der Waals surface area contributed by atoms with Crippen molar-refractivity contribution in [2.75, 3.05) is 112 Å². The van der Waals surface area contributed by atoms with Crippen molar-refractivity contribution < 1.29 is 87.4 Å². The predicted octanol–water partition coefficient (Wildman–Crippen LogP) is 0.221. The van der Waals surface area contributed by atoms with Gasteiger partial charge in [0.2, 0.25) is 35.4 Å². The second-order valence-electron chi connectivity index (χ2n) is 20.1. The van der Waals surface area contributed by atoms with E-state index in [0.717, 1.165) is 38.5 Å². The average molecular weight is 1160 g/mol. The predicted molar refractivity (Wildman–Crippen MR) is 294 cm³/mol. The zero-order valence-corrected chi connectivity index (χ0v) is 47.8. The first-order valence-electron chi connectivity index (χ1n) is 28.8. The quantitative estimate of drug-likeness (QED) is 0.0220. The molecule has 79 heavy (non-hydrogen) atoms. The molecule has 27 heteroatoms. The van der Waals surface area contributed by atoms with Crippen LogP contribution in [0.25, 0.3) is 0 Å². The van der Waals surface area contributed by atoms with Gasteiger partial charge in [-0.25, -0.2) is 4.57 Å². The average Bonchev–Trinajstić information content (AvgIpc) is 3.90. The molecule has 6 amide bonds. The largest absolute Gasteiger partial charge is 0.469 e. The van der Waals surface area contributed by atoms with Gasteiger partial charge in [0.15, 0.2) is 0 Å². The first-order chi connectivity index (χ1) is 38.0. The Labute approximate surface area is 467 Å². The summed E-state index contributed by atoms with van der Waals surface area (Å²) in [5, 5.41) is 67.6. The van der Waals surface area contributed by atoms with E-state index in [9.17, 15) is 43.5 Å². The molecule has 14 N–H and O–H groups in total. The number of amides is 6. The topological polar surface area (TPSA) is 385 Å². The molecule has 1 heterocycles. The van der Waals surface area contributed by atoms with Crippen molar-refractivity contribution >= 4 is 43.3 Å². The Kier molecular flexibility index (Phi) is 44.8. The number of phosphoric acid groups is 1. The number of aliphatic hydroxyl groups is 5. The van der Waals surface area contributed by atoms with E-state index in [2.05, 4.69) is 41.7 Å². The lowest BCUT2D eigenvalue weighted by Crippen LogP contribution is -2.58. The summed E-state index contributed by atoms with van der Waals surface area (Å²) in [7, 11) is -4.61. The molecule has 0 saturated carbocycles. The molecule has 0 bridgehead atoms. The van der Waals surface area contributed by atoms with E-state index in [1.165, 1.54) is 0 Å². The number of hydrogen-bond donors (Lipinski definition) is 14. The van der Waals surface area contributed by atoms with Gasteiger partial charge in [-0.05, 0) is 103 Å². The monoisotopic (exact) mass is 1160 g/mol. The van der Waals surface area contributed by atoms with Crippen molar-refractivity contribution in [3.63, 3.8) is 0 Å². The van der Waals surface area contributed by atoms with Crippen molar-refractivity contribution in [3.05, 3.63) is 0 Å². The van der Waals surface area contributed by atoms with Crippen molar-refractivity contribution in [2.45, 2.75) is 185 Å². The van der Waals surface area contributed by atoms with E-state index < -0.39 is 25.8 Å². The van der Waals surface area contributed by atoms with Gasteiger partial charge in [-0.3, -0.25) is 43.5 Å². The summed E-state index contributed by atoms with van der Waals surface area (Å²) >= 11 is 0. The van der Waals surface area contributed by atoms with Crippen molar-refractivity contribution in [1.82, 2.24) is 42.1 Å². The number of unbranched alkanes of at least 4 members (excludes halogenated alkanes) is 8. The number of ether oxygens (including phenoxy) is 3. The van der Waals surface area contributed by atoms with Crippen LogP contribution in [-0.2, 0) is 52.1 Å². The Hall–Kier alpha value is -3.47. The van der Waals surface area contributed by atoms with Gasteiger partial charge < -0.3 is 81.4 Å². The van der Waals surface area contributed by atoms with Gasteiger partial charge in [0.1, 0.15) is 18.0 Å². The van der Waals surface area contributed by atoms with E-state index in [-0.39, 0.29) is 133 Å². The van der Waals surface area contributed by atoms with Crippen LogP contribution in [0.3, 0.4) is 0 Å². The molecular weight excluding hydrogens is 1060 g/mol. The maximum absolute atomic E-state index is 13.7. The molecule has 3 unspecified atom stereocenters. The lowest BCUT2D eigenvalue weighted by atomic mass is 10.0. The van der Waals surface area contributed by atoms with Crippen LogP contribution in [0.1, 0.15) is 161 Å². The van der Waals surface area contributed by atoms with E-state index in [4.69, 9.17) is 39.3 Å². The third-order valence-electron chi connectivity index (χ3n) is 12.9. The summed E-state index contributed by atoms with van der Waals surface area (Å²) in [4.78, 5) is 95.8. The Bertz CT molecular complexity index is 1620. The Morgan fingerprint density at radius 2 is 0.899 bits per heavy atom. The van der Waals surface area contributed by atoms with E-state index in [1.807, 2.05) is 4.90 Å². The van der Waals surface area contributed by atoms with Crippen LogP contribution in [0, 0.1) is 0 Å². The first kappa shape index (κ1) is 73.5. The summed E-state index contributed by atoms with van der Waals surface area (Å²) in [5.74, 6) is -1.42. The molecule has 1 saturated heterocycles. The first-order valence-corrected chi connectivity index (χ1v) is 30.3. The second kappa shape index (κ2) is 48.1. The summed E-state index contributed by atoms with van der Waals surface area (Å²) in [5.41, 5.74) is -1.31. The van der Waals surface area contributed by atoms with Crippen LogP contribution in [-0.4, -0.2) is 212 Å². The van der Waals surface area contributed by atoms with Crippen molar-refractivity contribution in [3.8, 4) is 0 Å². The number of likely N-dealkylation sites (tertiary alicyclic amines) is 1. The Morgan fingerprint density at radius 3 is 1.37 bits per heavy atom. The number of carbonyl (C=O) groups excluding carboxylic acids is 6. The number of hydrogen-bond acceptors (Lipinski definition) is 18. The smallest absolute Gasteiger partial charge is 0.396 e.